The Morgan fingerprint density at radius 2 is 1.62 bits per heavy atom. The van der Waals surface area contributed by atoms with E-state index in [0.29, 0.717) is 11.8 Å². The second kappa shape index (κ2) is 4.66. The van der Waals surface area contributed by atoms with Gasteiger partial charge in [0.2, 0.25) is 0 Å². The van der Waals surface area contributed by atoms with E-state index in [2.05, 4.69) is 0 Å². The molecule has 1 aliphatic heterocycles. The summed E-state index contributed by atoms with van der Waals surface area (Å²) in [6, 6.07) is 0.798. The van der Waals surface area contributed by atoms with Gasteiger partial charge < -0.3 is 10.0 Å². The van der Waals surface area contributed by atoms with Crippen LogP contribution in [0.1, 0.15) is 51.4 Å². The number of fused-ring (bicyclic) bond motifs is 2. The molecular weight excluding hydrogens is 198 g/mol. The standard InChI is InChI=1S/C14H25NO/c16-14-11-5-4-6-12(14)13(8-7-11)15-9-2-1-3-10-15/h11-14,16H,1-10H2/p+1/t11-,12+,13+,14+/m0/s1. The van der Waals surface area contributed by atoms with Gasteiger partial charge in [-0.05, 0) is 44.4 Å². The van der Waals surface area contributed by atoms with Gasteiger partial charge >= 0.3 is 0 Å². The largest absolute Gasteiger partial charge is 0.392 e. The average molecular weight is 224 g/mol. The van der Waals surface area contributed by atoms with E-state index in [-0.39, 0.29) is 6.10 Å². The Hall–Kier alpha value is -0.0800. The molecule has 0 aromatic heterocycles. The van der Waals surface area contributed by atoms with Gasteiger partial charge in [0.05, 0.1) is 25.2 Å². The summed E-state index contributed by atoms with van der Waals surface area (Å²) in [5, 5.41) is 10.4. The highest BCUT2D eigenvalue weighted by atomic mass is 16.3. The zero-order valence-electron chi connectivity index (χ0n) is 10.3. The third-order valence-corrected chi connectivity index (χ3v) is 5.42. The van der Waals surface area contributed by atoms with E-state index in [1.54, 1.807) is 0 Å². The van der Waals surface area contributed by atoms with Gasteiger partial charge in [0.1, 0.15) is 0 Å². The second-order valence-corrected chi connectivity index (χ2v) is 6.25. The van der Waals surface area contributed by atoms with Crippen LogP contribution >= 0.6 is 0 Å². The lowest BCUT2D eigenvalue weighted by molar-refractivity contribution is -0.936. The third kappa shape index (κ3) is 1.91. The number of quaternary nitrogens is 1. The van der Waals surface area contributed by atoms with E-state index in [9.17, 15) is 5.11 Å². The molecule has 3 aliphatic rings. The van der Waals surface area contributed by atoms with Gasteiger partial charge in [-0.2, -0.15) is 0 Å². The summed E-state index contributed by atoms with van der Waals surface area (Å²) in [6.07, 6.45) is 11.0. The summed E-state index contributed by atoms with van der Waals surface area (Å²) >= 11 is 0. The van der Waals surface area contributed by atoms with E-state index in [1.807, 2.05) is 4.90 Å². The van der Waals surface area contributed by atoms with Crippen molar-refractivity contribution in [2.75, 3.05) is 13.1 Å². The van der Waals surface area contributed by atoms with E-state index in [1.165, 1.54) is 64.5 Å². The predicted molar refractivity (Wildman–Crippen MR) is 64.4 cm³/mol. The fourth-order valence-electron chi connectivity index (χ4n) is 4.55. The van der Waals surface area contributed by atoms with Crippen LogP contribution in [0.5, 0.6) is 0 Å². The van der Waals surface area contributed by atoms with Crippen molar-refractivity contribution in [3.63, 3.8) is 0 Å². The maximum absolute atomic E-state index is 10.4. The van der Waals surface area contributed by atoms with Gasteiger partial charge in [0, 0.05) is 12.3 Å². The van der Waals surface area contributed by atoms with Crippen molar-refractivity contribution >= 4 is 0 Å². The Labute approximate surface area is 99.0 Å². The van der Waals surface area contributed by atoms with Crippen LogP contribution < -0.4 is 4.90 Å². The summed E-state index contributed by atoms with van der Waals surface area (Å²) in [5.74, 6) is 1.29. The van der Waals surface area contributed by atoms with Gasteiger partial charge in [-0.3, -0.25) is 0 Å². The molecule has 0 aromatic carbocycles. The van der Waals surface area contributed by atoms with Gasteiger partial charge in [-0.1, -0.05) is 6.42 Å². The maximum Gasteiger partial charge on any atom is 0.0928 e. The number of nitrogens with one attached hydrogen (secondary N) is 1. The number of hydrogen-bond donors (Lipinski definition) is 2. The number of rotatable bonds is 1. The lowest BCUT2D eigenvalue weighted by Crippen LogP contribution is -3.17. The van der Waals surface area contributed by atoms with Crippen molar-refractivity contribution in [3.8, 4) is 0 Å². The highest BCUT2D eigenvalue weighted by Crippen LogP contribution is 2.39. The highest BCUT2D eigenvalue weighted by Gasteiger charge is 2.45. The Balaban J connectivity index is 1.69. The van der Waals surface area contributed by atoms with Gasteiger partial charge in [0.15, 0.2) is 0 Å². The van der Waals surface area contributed by atoms with Gasteiger partial charge in [-0.25, -0.2) is 0 Å². The van der Waals surface area contributed by atoms with Crippen molar-refractivity contribution in [2.24, 2.45) is 11.8 Å². The monoisotopic (exact) mass is 224 g/mol. The van der Waals surface area contributed by atoms with Crippen LogP contribution in [-0.2, 0) is 0 Å². The first-order valence-electron chi connectivity index (χ1n) is 7.39. The lowest BCUT2D eigenvalue weighted by Gasteiger charge is -2.47. The summed E-state index contributed by atoms with van der Waals surface area (Å²) in [5.41, 5.74) is 0. The van der Waals surface area contributed by atoms with Crippen molar-refractivity contribution in [1.29, 1.82) is 0 Å². The molecule has 2 N–H and O–H groups in total. The number of aliphatic hydroxyl groups is 1. The normalized spacial score (nSPS) is 45.6. The second-order valence-electron chi connectivity index (χ2n) is 6.25. The van der Waals surface area contributed by atoms with Crippen molar-refractivity contribution < 1.29 is 10.0 Å². The number of piperidine rings is 1. The zero-order valence-corrected chi connectivity index (χ0v) is 10.3. The van der Waals surface area contributed by atoms with Crippen molar-refractivity contribution in [2.45, 2.75) is 63.5 Å². The van der Waals surface area contributed by atoms with Crippen molar-refractivity contribution in [3.05, 3.63) is 0 Å². The topological polar surface area (TPSA) is 24.7 Å². The molecule has 0 spiro atoms. The van der Waals surface area contributed by atoms with Crippen LogP contribution in [0, 0.1) is 11.8 Å². The molecule has 2 saturated carbocycles. The molecule has 0 radical (unpaired) electrons. The minimum atomic E-state index is 0.0435. The molecule has 2 nitrogen and oxygen atoms in total. The molecule has 3 rings (SSSR count). The van der Waals surface area contributed by atoms with Crippen LogP contribution in [0.2, 0.25) is 0 Å². The zero-order chi connectivity index (χ0) is 11.0. The quantitative estimate of drug-likeness (QED) is 0.682. The van der Waals surface area contributed by atoms with Crippen LogP contribution in [0.3, 0.4) is 0 Å². The van der Waals surface area contributed by atoms with E-state index in [4.69, 9.17) is 0 Å². The first kappa shape index (κ1) is 11.0. The summed E-state index contributed by atoms with van der Waals surface area (Å²) < 4.78 is 0. The fourth-order valence-corrected chi connectivity index (χ4v) is 4.55. The first-order chi connectivity index (χ1) is 7.86. The maximum atomic E-state index is 10.4. The third-order valence-electron chi connectivity index (χ3n) is 5.42. The molecule has 4 atom stereocenters. The van der Waals surface area contributed by atoms with E-state index < -0.39 is 0 Å². The first-order valence-corrected chi connectivity index (χ1v) is 7.39. The van der Waals surface area contributed by atoms with Crippen molar-refractivity contribution in [1.82, 2.24) is 0 Å². The molecule has 0 amide bonds. The highest BCUT2D eigenvalue weighted by molar-refractivity contribution is 4.91. The Bertz CT molecular complexity index is 237. The molecule has 3 fully saturated rings. The molecule has 0 aromatic rings. The smallest absolute Gasteiger partial charge is 0.0928 e. The lowest BCUT2D eigenvalue weighted by atomic mass is 9.67. The molecule has 92 valence electrons. The fraction of sp³-hybridized carbons (Fsp3) is 1.00. The van der Waals surface area contributed by atoms with E-state index >= 15 is 0 Å². The summed E-state index contributed by atoms with van der Waals surface area (Å²) in [4.78, 5) is 1.83. The molecule has 16 heavy (non-hydrogen) atoms. The SMILES string of the molecule is O[C@@H]1[C@H]2CCC[C@@H]1[C@H]([NH+]1CCCCC1)CC2. The Morgan fingerprint density at radius 1 is 0.812 bits per heavy atom. The van der Waals surface area contributed by atoms with E-state index in [0.717, 1.165) is 6.04 Å². The predicted octanol–water partition coefficient (Wildman–Crippen LogP) is 0.995. The molecular formula is C14H26NO+. The Kier molecular flexibility index (Phi) is 3.21. The molecule has 2 heteroatoms. The number of likely N-dealkylation sites (tertiary alicyclic amines) is 1. The van der Waals surface area contributed by atoms with Gasteiger partial charge in [-0.15, -0.1) is 0 Å². The average Bonchev–Trinajstić information content (AvgIpc) is 2.30. The molecule has 1 saturated heterocycles. The van der Waals surface area contributed by atoms with Crippen LogP contribution in [0.25, 0.3) is 0 Å². The Morgan fingerprint density at radius 3 is 2.44 bits per heavy atom. The minimum Gasteiger partial charge on any atom is -0.392 e. The minimum absolute atomic E-state index is 0.0435. The van der Waals surface area contributed by atoms with Crippen LogP contribution in [0.15, 0.2) is 0 Å². The van der Waals surface area contributed by atoms with Crippen LogP contribution in [-0.4, -0.2) is 30.3 Å². The number of hydrogen-bond acceptors (Lipinski definition) is 1. The molecule has 0 unspecified atom stereocenters. The molecule has 2 bridgehead atoms. The summed E-state index contributed by atoms with van der Waals surface area (Å²) in [6.45, 7) is 2.75. The van der Waals surface area contributed by atoms with Crippen LogP contribution in [0.4, 0.5) is 0 Å². The number of aliphatic hydroxyl groups excluding tert-OH is 1. The summed E-state index contributed by atoms with van der Waals surface area (Å²) in [7, 11) is 0. The van der Waals surface area contributed by atoms with Gasteiger partial charge in [0.25, 0.3) is 0 Å². The molecule has 1 heterocycles. The molecule has 2 aliphatic carbocycles.